The second-order valence-corrected chi connectivity index (χ2v) is 8.11. The van der Waals surface area contributed by atoms with Crippen molar-refractivity contribution >= 4 is 29.9 Å². The second kappa shape index (κ2) is 13.4. The molecule has 0 radical (unpaired) electrons. The van der Waals surface area contributed by atoms with E-state index in [0.29, 0.717) is 6.54 Å². The molecule has 0 bridgehead atoms. The van der Waals surface area contributed by atoms with Crippen LogP contribution in [0.15, 0.2) is 29.3 Å². The van der Waals surface area contributed by atoms with Crippen molar-refractivity contribution in [1.29, 1.82) is 0 Å². The van der Waals surface area contributed by atoms with Crippen LogP contribution in [0.5, 0.6) is 5.75 Å². The van der Waals surface area contributed by atoms with Crippen LogP contribution in [0.1, 0.15) is 44.2 Å². The van der Waals surface area contributed by atoms with Crippen LogP contribution in [0.25, 0.3) is 0 Å². The number of halogens is 1. The summed E-state index contributed by atoms with van der Waals surface area (Å²) < 4.78 is 16.8. The number of hydrogen-bond donors (Lipinski definition) is 2. The molecular formula is C23H39IN4O3. The normalized spacial score (nSPS) is 20.0. The first-order valence-electron chi connectivity index (χ1n) is 11.2. The minimum absolute atomic E-state index is 0. The predicted octanol–water partition coefficient (Wildman–Crippen LogP) is 3.20. The topological polar surface area (TPSA) is 67.4 Å². The van der Waals surface area contributed by atoms with Gasteiger partial charge in [-0.15, -0.1) is 24.0 Å². The van der Waals surface area contributed by atoms with E-state index in [2.05, 4.69) is 40.7 Å². The number of aliphatic imine (C=N–C) groups is 1. The highest BCUT2D eigenvalue weighted by Gasteiger charge is 2.32. The summed E-state index contributed by atoms with van der Waals surface area (Å²) in [5.41, 5.74) is 1.05. The van der Waals surface area contributed by atoms with Gasteiger partial charge in [-0.05, 0) is 50.6 Å². The zero-order valence-corrected chi connectivity index (χ0v) is 21.5. The third-order valence-electron chi connectivity index (χ3n) is 6.23. The fourth-order valence-corrected chi connectivity index (χ4v) is 4.29. The first kappa shape index (κ1) is 26.2. The van der Waals surface area contributed by atoms with Gasteiger partial charge in [0.05, 0.1) is 25.3 Å². The van der Waals surface area contributed by atoms with Crippen LogP contribution in [-0.2, 0) is 9.47 Å². The maximum atomic E-state index is 5.84. The lowest BCUT2D eigenvalue weighted by molar-refractivity contribution is -0.0828. The number of likely N-dealkylation sites (tertiary alicyclic amines) is 1. The Labute approximate surface area is 204 Å². The smallest absolute Gasteiger partial charge is 0.191 e. The van der Waals surface area contributed by atoms with Crippen LogP contribution in [0.2, 0.25) is 0 Å². The van der Waals surface area contributed by atoms with Crippen molar-refractivity contribution in [2.24, 2.45) is 4.99 Å². The molecule has 1 unspecified atom stereocenters. The summed E-state index contributed by atoms with van der Waals surface area (Å²) in [4.78, 5) is 7.43. The molecule has 2 N–H and O–H groups in total. The lowest BCUT2D eigenvalue weighted by atomic mass is 9.94. The van der Waals surface area contributed by atoms with Gasteiger partial charge in [-0.2, -0.15) is 0 Å². The van der Waals surface area contributed by atoms with E-state index in [1.54, 1.807) is 14.2 Å². The number of guanidine groups is 1. The standard InChI is InChI=1S/C23H38N4O3.HI/c1-4-24-22(26-18-23(29-3)10-14-30-15-11-23)25-17-21(27-12-5-6-13-27)19-8-7-9-20(16-19)28-2;/h7-9,16,21H,4-6,10-15,17-18H2,1-3H3,(H2,24,25,26);1H. The zero-order valence-electron chi connectivity index (χ0n) is 19.2. The molecule has 3 rings (SSSR count). The lowest BCUT2D eigenvalue weighted by Crippen LogP contribution is -2.45. The van der Waals surface area contributed by atoms with E-state index in [9.17, 15) is 0 Å². The largest absolute Gasteiger partial charge is 0.497 e. The molecule has 0 amide bonds. The molecular weight excluding hydrogens is 507 g/mol. The Morgan fingerprint density at radius 1 is 1.19 bits per heavy atom. The number of hydrogen-bond acceptors (Lipinski definition) is 5. The molecule has 7 nitrogen and oxygen atoms in total. The third-order valence-corrected chi connectivity index (χ3v) is 6.23. The molecule has 1 aromatic carbocycles. The molecule has 2 aliphatic rings. The monoisotopic (exact) mass is 546 g/mol. The fraction of sp³-hybridized carbons (Fsp3) is 0.696. The first-order valence-corrected chi connectivity index (χ1v) is 11.2. The summed E-state index contributed by atoms with van der Waals surface area (Å²) in [5, 5.41) is 6.98. The van der Waals surface area contributed by atoms with E-state index >= 15 is 0 Å². The summed E-state index contributed by atoms with van der Waals surface area (Å²) in [5.74, 6) is 1.74. The molecule has 0 aliphatic carbocycles. The van der Waals surface area contributed by atoms with Crippen molar-refractivity contribution in [3.05, 3.63) is 29.8 Å². The van der Waals surface area contributed by atoms with Crippen LogP contribution >= 0.6 is 24.0 Å². The minimum Gasteiger partial charge on any atom is -0.497 e. The maximum absolute atomic E-state index is 5.84. The van der Waals surface area contributed by atoms with Crippen molar-refractivity contribution in [1.82, 2.24) is 15.5 Å². The molecule has 8 heteroatoms. The van der Waals surface area contributed by atoms with E-state index in [0.717, 1.165) is 63.9 Å². The first-order chi connectivity index (χ1) is 14.7. The quantitative estimate of drug-likeness (QED) is 0.282. The van der Waals surface area contributed by atoms with E-state index in [-0.39, 0.29) is 35.6 Å². The van der Waals surface area contributed by atoms with Gasteiger partial charge in [-0.1, -0.05) is 12.1 Å². The van der Waals surface area contributed by atoms with Crippen molar-refractivity contribution in [2.45, 2.75) is 44.2 Å². The Kier molecular flexibility index (Phi) is 11.3. The van der Waals surface area contributed by atoms with Crippen LogP contribution in [0.4, 0.5) is 0 Å². The fourth-order valence-electron chi connectivity index (χ4n) is 4.29. The Bertz CT molecular complexity index is 677. The molecule has 2 aliphatic heterocycles. The van der Waals surface area contributed by atoms with Gasteiger partial charge in [0.15, 0.2) is 5.96 Å². The van der Waals surface area contributed by atoms with Crippen LogP contribution in [0, 0.1) is 0 Å². The highest BCUT2D eigenvalue weighted by Crippen LogP contribution is 2.27. The average molecular weight is 546 g/mol. The number of benzene rings is 1. The average Bonchev–Trinajstić information content (AvgIpc) is 3.33. The van der Waals surface area contributed by atoms with E-state index in [1.165, 1.54) is 18.4 Å². The van der Waals surface area contributed by atoms with Crippen LogP contribution in [-0.4, -0.2) is 76.6 Å². The molecule has 2 heterocycles. The number of rotatable bonds is 9. The van der Waals surface area contributed by atoms with E-state index in [1.807, 2.05) is 6.07 Å². The molecule has 0 spiro atoms. The van der Waals surface area contributed by atoms with Gasteiger partial charge >= 0.3 is 0 Å². The lowest BCUT2D eigenvalue weighted by Gasteiger charge is -2.34. The Morgan fingerprint density at radius 2 is 1.94 bits per heavy atom. The maximum Gasteiger partial charge on any atom is 0.191 e. The van der Waals surface area contributed by atoms with Gasteiger partial charge in [-0.3, -0.25) is 9.89 Å². The van der Waals surface area contributed by atoms with Crippen molar-refractivity contribution in [2.75, 3.05) is 60.2 Å². The van der Waals surface area contributed by atoms with Crippen molar-refractivity contribution in [3.63, 3.8) is 0 Å². The van der Waals surface area contributed by atoms with Crippen LogP contribution < -0.4 is 15.4 Å². The molecule has 1 aromatic rings. The summed E-state index contributed by atoms with van der Waals surface area (Å²) in [6, 6.07) is 8.70. The Morgan fingerprint density at radius 3 is 2.58 bits per heavy atom. The molecule has 2 fully saturated rings. The van der Waals surface area contributed by atoms with Gasteiger partial charge < -0.3 is 24.8 Å². The van der Waals surface area contributed by atoms with Gasteiger partial charge in [0.25, 0.3) is 0 Å². The number of nitrogens with zero attached hydrogens (tertiary/aromatic N) is 2. The number of ether oxygens (including phenoxy) is 3. The highest BCUT2D eigenvalue weighted by molar-refractivity contribution is 14.0. The summed E-state index contributed by atoms with van der Waals surface area (Å²) >= 11 is 0. The Hall–Kier alpha value is -1.10. The molecule has 176 valence electrons. The van der Waals surface area contributed by atoms with Crippen LogP contribution in [0.3, 0.4) is 0 Å². The number of nitrogens with one attached hydrogen (secondary N) is 2. The molecule has 0 saturated carbocycles. The van der Waals surface area contributed by atoms with Crippen molar-refractivity contribution < 1.29 is 14.2 Å². The second-order valence-electron chi connectivity index (χ2n) is 8.11. The minimum atomic E-state index is -0.220. The van der Waals surface area contributed by atoms with E-state index in [4.69, 9.17) is 19.2 Å². The van der Waals surface area contributed by atoms with Gasteiger partial charge in [0.1, 0.15) is 5.75 Å². The highest BCUT2D eigenvalue weighted by atomic mass is 127. The van der Waals surface area contributed by atoms with Crippen molar-refractivity contribution in [3.8, 4) is 5.75 Å². The number of methoxy groups -OCH3 is 2. The SMILES string of the molecule is CCNC(=NCC1(OC)CCOCC1)NCC(c1cccc(OC)c1)N1CCCC1.I. The summed E-state index contributed by atoms with van der Waals surface area (Å²) in [6.07, 6.45) is 4.28. The molecule has 2 saturated heterocycles. The zero-order chi connectivity index (χ0) is 21.2. The third kappa shape index (κ3) is 7.47. The van der Waals surface area contributed by atoms with Gasteiger partial charge in [-0.25, -0.2) is 0 Å². The summed E-state index contributed by atoms with van der Waals surface area (Å²) in [6.45, 7) is 8.08. The molecule has 31 heavy (non-hydrogen) atoms. The predicted molar refractivity (Wildman–Crippen MR) is 136 cm³/mol. The van der Waals surface area contributed by atoms with Gasteiger partial charge in [0.2, 0.25) is 0 Å². The van der Waals surface area contributed by atoms with E-state index < -0.39 is 0 Å². The molecule has 0 aromatic heterocycles. The Balaban J connectivity index is 0.00000341. The molecule has 1 atom stereocenters. The van der Waals surface area contributed by atoms with Gasteiger partial charge in [0, 0.05) is 46.3 Å². The summed E-state index contributed by atoms with van der Waals surface area (Å²) in [7, 11) is 3.51.